The van der Waals surface area contributed by atoms with Gasteiger partial charge in [-0.1, -0.05) is 18.2 Å². The second kappa shape index (κ2) is 4.58. The van der Waals surface area contributed by atoms with Crippen molar-refractivity contribution >= 4 is 21.6 Å². The number of benzene rings is 1. The van der Waals surface area contributed by atoms with Gasteiger partial charge in [-0.15, -0.1) is 0 Å². The first-order valence-corrected chi connectivity index (χ1v) is 8.59. The number of halogens is 1. The molecule has 0 bridgehead atoms. The number of hydrogen-bond acceptors (Lipinski definition) is 1. The van der Waals surface area contributed by atoms with Crippen molar-refractivity contribution in [3.63, 3.8) is 0 Å². The van der Waals surface area contributed by atoms with Gasteiger partial charge in [0, 0.05) is 0 Å². The fourth-order valence-electron chi connectivity index (χ4n) is 1.46. The summed E-state index contributed by atoms with van der Waals surface area (Å²) in [5, 5.41) is 0.719. The van der Waals surface area contributed by atoms with Crippen molar-refractivity contribution in [2.24, 2.45) is 0 Å². The summed E-state index contributed by atoms with van der Waals surface area (Å²) in [5.74, 6) is 0.815. The Balaban J connectivity index is 2.26. The van der Waals surface area contributed by atoms with Gasteiger partial charge in [0.05, 0.1) is 11.1 Å². The summed E-state index contributed by atoms with van der Waals surface area (Å²) in [6.45, 7) is 6.16. The molecule has 0 aliphatic heterocycles. The second-order valence-corrected chi connectivity index (χ2v) is 9.17. The van der Waals surface area contributed by atoms with Gasteiger partial charge in [0.1, 0.15) is 5.75 Å². The fraction of sp³-hybridized carbons (Fsp3) is 0.429. The minimum atomic E-state index is -0.963. The first-order chi connectivity index (χ1) is 7.91. The molecule has 0 radical (unpaired) electrons. The fourth-order valence-corrected chi connectivity index (χ4v) is 2.97. The van der Waals surface area contributed by atoms with E-state index in [1.807, 2.05) is 12.1 Å². The van der Waals surface area contributed by atoms with E-state index in [0.717, 1.165) is 23.6 Å². The van der Waals surface area contributed by atoms with E-state index in [2.05, 4.69) is 32.1 Å². The van der Waals surface area contributed by atoms with Crippen LogP contribution in [0.4, 0.5) is 0 Å². The third-order valence-electron chi connectivity index (χ3n) is 3.18. The number of ether oxygens (including phenoxy) is 1. The van der Waals surface area contributed by atoms with Crippen molar-refractivity contribution in [3.05, 3.63) is 34.7 Å². The highest BCUT2D eigenvalue weighted by Gasteiger charge is 2.25. The molecule has 94 valence electrons. The monoisotopic (exact) mass is 270 g/mol. The molecule has 1 aromatic carbocycles. The highest BCUT2D eigenvalue weighted by atomic mass is 35.5. The molecule has 0 amide bonds. The molecular formula is C14H19ClOS. The molecule has 0 heterocycles. The molecule has 1 saturated carbocycles. The lowest BCUT2D eigenvalue weighted by Crippen LogP contribution is -1.99. The zero-order valence-electron chi connectivity index (χ0n) is 10.6. The normalized spacial score (nSPS) is 16.7. The first kappa shape index (κ1) is 12.8. The molecular weight excluding hydrogens is 252 g/mol. The number of rotatable bonds is 4. The Morgan fingerprint density at radius 3 is 2.53 bits per heavy atom. The molecule has 1 aromatic rings. The van der Waals surface area contributed by atoms with Crippen LogP contribution in [-0.2, 0) is 0 Å². The summed E-state index contributed by atoms with van der Waals surface area (Å²) in [5.41, 5.74) is 0. The van der Waals surface area contributed by atoms with Crippen LogP contribution in [0.1, 0.15) is 19.8 Å². The summed E-state index contributed by atoms with van der Waals surface area (Å²) >= 11 is 6.27. The summed E-state index contributed by atoms with van der Waals surface area (Å²) < 4.78 is 5.74. The highest BCUT2D eigenvalue weighted by Crippen LogP contribution is 2.56. The Morgan fingerprint density at radius 1 is 1.41 bits per heavy atom. The van der Waals surface area contributed by atoms with Crippen molar-refractivity contribution in [3.8, 4) is 5.75 Å². The van der Waals surface area contributed by atoms with Crippen LogP contribution in [0.15, 0.2) is 34.6 Å². The van der Waals surface area contributed by atoms with Gasteiger partial charge in [-0.05, 0) is 60.3 Å². The molecule has 0 spiro atoms. The van der Waals surface area contributed by atoms with Crippen LogP contribution in [-0.4, -0.2) is 18.6 Å². The van der Waals surface area contributed by atoms with Gasteiger partial charge in [-0.3, -0.25) is 0 Å². The molecule has 0 aromatic heterocycles. The van der Waals surface area contributed by atoms with Crippen LogP contribution in [0.5, 0.6) is 5.75 Å². The SMILES string of the molecule is C=C(C)S(C)(C)c1ccc(OC2CC2)c(Cl)c1. The molecule has 0 unspecified atom stereocenters. The van der Waals surface area contributed by atoms with E-state index in [0.29, 0.717) is 6.10 Å². The average Bonchev–Trinajstić information content (AvgIpc) is 3.04. The van der Waals surface area contributed by atoms with E-state index in [1.54, 1.807) is 0 Å². The van der Waals surface area contributed by atoms with Crippen molar-refractivity contribution in [2.75, 3.05) is 12.5 Å². The van der Waals surface area contributed by atoms with Crippen molar-refractivity contribution in [1.82, 2.24) is 0 Å². The molecule has 0 atom stereocenters. The minimum Gasteiger partial charge on any atom is -0.489 e. The van der Waals surface area contributed by atoms with E-state index in [-0.39, 0.29) is 0 Å². The van der Waals surface area contributed by atoms with Crippen molar-refractivity contribution in [2.45, 2.75) is 30.8 Å². The molecule has 17 heavy (non-hydrogen) atoms. The van der Waals surface area contributed by atoms with Crippen LogP contribution in [0.3, 0.4) is 0 Å². The smallest absolute Gasteiger partial charge is 0.138 e. The second-order valence-electron chi connectivity index (χ2n) is 4.94. The quantitative estimate of drug-likeness (QED) is 0.761. The largest absolute Gasteiger partial charge is 0.489 e. The molecule has 3 heteroatoms. The van der Waals surface area contributed by atoms with Gasteiger partial charge in [0.2, 0.25) is 0 Å². The molecule has 1 fully saturated rings. The summed E-state index contributed by atoms with van der Waals surface area (Å²) in [7, 11) is -0.963. The lowest BCUT2D eigenvalue weighted by molar-refractivity contribution is 0.303. The van der Waals surface area contributed by atoms with Crippen LogP contribution in [0.25, 0.3) is 0 Å². The van der Waals surface area contributed by atoms with Gasteiger partial charge in [-0.25, -0.2) is 0 Å². The molecule has 0 N–H and O–H groups in total. The molecule has 2 rings (SSSR count). The average molecular weight is 271 g/mol. The van der Waals surface area contributed by atoms with E-state index in [1.165, 1.54) is 9.80 Å². The standard InChI is InChI=1S/C14H19ClOS/c1-10(2)17(3,4)12-7-8-14(13(15)9-12)16-11-5-6-11/h7-9,11H,1,5-6H2,2-4H3. The Labute approximate surface area is 110 Å². The molecule has 0 saturated heterocycles. The van der Waals surface area contributed by atoms with Crippen LogP contribution in [0.2, 0.25) is 5.02 Å². The molecule has 1 aliphatic carbocycles. The van der Waals surface area contributed by atoms with Crippen LogP contribution in [0, 0.1) is 0 Å². The third kappa shape index (κ3) is 2.80. The molecule has 1 nitrogen and oxygen atoms in total. The maximum Gasteiger partial charge on any atom is 0.138 e. The molecule has 1 aliphatic rings. The van der Waals surface area contributed by atoms with E-state index >= 15 is 0 Å². The Morgan fingerprint density at radius 2 is 2.06 bits per heavy atom. The van der Waals surface area contributed by atoms with Gasteiger partial charge in [-0.2, -0.15) is 10.0 Å². The zero-order valence-corrected chi connectivity index (χ0v) is 12.2. The van der Waals surface area contributed by atoms with Gasteiger partial charge in [0.25, 0.3) is 0 Å². The number of hydrogen-bond donors (Lipinski definition) is 0. The van der Waals surface area contributed by atoms with E-state index in [9.17, 15) is 0 Å². The predicted molar refractivity (Wildman–Crippen MR) is 77.6 cm³/mol. The van der Waals surface area contributed by atoms with Gasteiger partial charge in [0.15, 0.2) is 0 Å². The van der Waals surface area contributed by atoms with Gasteiger partial charge < -0.3 is 4.74 Å². The van der Waals surface area contributed by atoms with Crippen molar-refractivity contribution < 1.29 is 4.74 Å². The minimum absolute atomic E-state index is 0.389. The van der Waals surface area contributed by atoms with Crippen LogP contribution >= 0.6 is 21.6 Å². The predicted octanol–water partition coefficient (Wildman–Crippen LogP) is 4.84. The highest BCUT2D eigenvalue weighted by molar-refractivity contribution is 8.35. The van der Waals surface area contributed by atoms with E-state index in [4.69, 9.17) is 16.3 Å². The summed E-state index contributed by atoms with van der Waals surface area (Å²) in [4.78, 5) is 2.47. The lowest BCUT2D eigenvalue weighted by atomic mass is 10.3. The zero-order chi connectivity index (χ0) is 12.6. The summed E-state index contributed by atoms with van der Waals surface area (Å²) in [6, 6.07) is 6.14. The Hall–Kier alpha value is -0.600. The maximum absolute atomic E-state index is 6.27. The van der Waals surface area contributed by atoms with Crippen molar-refractivity contribution in [1.29, 1.82) is 0 Å². The third-order valence-corrected chi connectivity index (χ3v) is 6.65. The van der Waals surface area contributed by atoms with E-state index < -0.39 is 10.0 Å². The Bertz CT molecular complexity index is 450. The maximum atomic E-state index is 6.27. The summed E-state index contributed by atoms with van der Waals surface area (Å²) in [6.07, 6.45) is 7.17. The number of allylic oxidation sites excluding steroid dienone is 1. The van der Waals surface area contributed by atoms with Gasteiger partial charge >= 0.3 is 0 Å². The Kier molecular flexibility index (Phi) is 3.46. The lowest BCUT2D eigenvalue weighted by Gasteiger charge is -2.32. The topological polar surface area (TPSA) is 9.23 Å². The van der Waals surface area contributed by atoms with Crippen LogP contribution < -0.4 is 4.74 Å². The first-order valence-electron chi connectivity index (χ1n) is 5.76.